The Kier molecular flexibility index (Phi) is 4.20. The Labute approximate surface area is 139 Å². The first-order chi connectivity index (χ1) is 11.5. The van der Waals surface area contributed by atoms with Crippen LogP contribution in [0.4, 0.5) is 0 Å². The highest BCUT2D eigenvalue weighted by atomic mass is 16.5. The second-order valence-corrected chi connectivity index (χ2v) is 6.02. The van der Waals surface area contributed by atoms with E-state index in [0.717, 1.165) is 10.2 Å². The first kappa shape index (κ1) is 16.0. The molecule has 3 aromatic rings. The first-order valence-corrected chi connectivity index (χ1v) is 7.81. The van der Waals surface area contributed by atoms with Crippen molar-refractivity contribution in [2.45, 2.75) is 33.2 Å². The van der Waals surface area contributed by atoms with Crippen LogP contribution >= 0.6 is 0 Å². The molecule has 0 aliphatic heterocycles. The molecule has 3 rings (SSSR count). The zero-order chi connectivity index (χ0) is 17.3. The van der Waals surface area contributed by atoms with Crippen LogP contribution in [0.25, 0.3) is 5.65 Å². The summed E-state index contributed by atoms with van der Waals surface area (Å²) >= 11 is 0. The van der Waals surface area contributed by atoms with E-state index in [1.807, 2.05) is 19.1 Å². The van der Waals surface area contributed by atoms with Crippen LogP contribution in [0.15, 0.2) is 47.4 Å². The Morgan fingerprint density at radius 3 is 2.71 bits per heavy atom. The quantitative estimate of drug-likeness (QED) is 0.546. The van der Waals surface area contributed by atoms with E-state index in [4.69, 9.17) is 4.74 Å². The van der Waals surface area contributed by atoms with Gasteiger partial charge in [-0.3, -0.25) is 4.40 Å². The number of rotatable bonds is 4. The fourth-order valence-electron chi connectivity index (χ4n) is 2.72. The van der Waals surface area contributed by atoms with E-state index in [-0.39, 0.29) is 12.2 Å². The molecule has 2 aromatic heterocycles. The van der Waals surface area contributed by atoms with Gasteiger partial charge in [0, 0.05) is 6.20 Å². The minimum atomic E-state index is -0.530. The Bertz CT molecular complexity index is 954. The number of ether oxygens (including phenoxy) is 1. The Morgan fingerprint density at radius 2 is 2.04 bits per heavy atom. The van der Waals surface area contributed by atoms with Crippen molar-refractivity contribution in [3.8, 4) is 5.75 Å². The molecule has 0 aliphatic carbocycles. The molecule has 1 aromatic carbocycles. The fraction of sp³-hybridized carbons (Fsp3) is 0.278. The van der Waals surface area contributed by atoms with Crippen LogP contribution in [-0.2, 0) is 11.3 Å². The number of benzene rings is 1. The number of esters is 1. The van der Waals surface area contributed by atoms with Crippen molar-refractivity contribution in [3.63, 3.8) is 0 Å². The molecular formula is C18H19N3O3. The van der Waals surface area contributed by atoms with Gasteiger partial charge in [-0.05, 0) is 48.2 Å². The van der Waals surface area contributed by atoms with Crippen molar-refractivity contribution in [3.05, 3.63) is 64.2 Å². The van der Waals surface area contributed by atoms with Gasteiger partial charge in [-0.15, -0.1) is 5.10 Å². The van der Waals surface area contributed by atoms with Gasteiger partial charge in [-0.2, -0.15) is 0 Å². The molecule has 0 radical (unpaired) electrons. The van der Waals surface area contributed by atoms with Gasteiger partial charge >= 0.3 is 11.7 Å². The summed E-state index contributed by atoms with van der Waals surface area (Å²) in [4.78, 5) is 24.3. The highest BCUT2D eigenvalue weighted by Gasteiger charge is 2.13. The summed E-state index contributed by atoms with van der Waals surface area (Å²) in [6.45, 7) is 5.98. The zero-order valence-electron chi connectivity index (χ0n) is 13.9. The third-order valence-corrected chi connectivity index (χ3v) is 3.86. The van der Waals surface area contributed by atoms with Gasteiger partial charge < -0.3 is 4.74 Å². The number of hydrogen-bond donors (Lipinski definition) is 0. The van der Waals surface area contributed by atoms with Crippen molar-refractivity contribution in [2.24, 2.45) is 0 Å². The van der Waals surface area contributed by atoms with E-state index in [1.165, 1.54) is 9.96 Å². The highest BCUT2D eigenvalue weighted by molar-refractivity contribution is 5.72. The van der Waals surface area contributed by atoms with Gasteiger partial charge in [-0.25, -0.2) is 14.3 Å². The molecule has 6 nitrogen and oxygen atoms in total. The number of nitrogens with zero attached hydrogens (tertiary/aromatic N) is 3. The van der Waals surface area contributed by atoms with Gasteiger partial charge in [-0.1, -0.05) is 26.0 Å². The predicted octanol–water partition coefficient (Wildman–Crippen LogP) is 2.53. The molecule has 0 amide bonds. The number of fused-ring (bicyclic) bond motifs is 1. The fourth-order valence-corrected chi connectivity index (χ4v) is 2.72. The molecule has 6 heteroatoms. The van der Waals surface area contributed by atoms with Crippen LogP contribution in [-0.4, -0.2) is 20.2 Å². The van der Waals surface area contributed by atoms with E-state index in [2.05, 4.69) is 18.9 Å². The number of hydrogen-bond acceptors (Lipinski definition) is 4. The minimum absolute atomic E-state index is 0.231. The number of aromatic nitrogens is 3. The maximum absolute atomic E-state index is 12.1. The summed E-state index contributed by atoms with van der Waals surface area (Å²) in [7, 11) is 0. The Balaban J connectivity index is 1.77. The molecule has 0 unspecified atom stereocenters. The molecule has 0 N–H and O–H groups in total. The lowest BCUT2D eigenvalue weighted by Gasteiger charge is -2.11. The minimum Gasteiger partial charge on any atom is -0.425 e. The molecule has 0 saturated carbocycles. The monoisotopic (exact) mass is 325 g/mol. The molecule has 0 atom stereocenters. The van der Waals surface area contributed by atoms with E-state index < -0.39 is 5.97 Å². The smallest absolute Gasteiger partial charge is 0.350 e. The first-order valence-electron chi connectivity index (χ1n) is 7.81. The average molecular weight is 325 g/mol. The zero-order valence-corrected chi connectivity index (χ0v) is 13.9. The van der Waals surface area contributed by atoms with Crippen LogP contribution < -0.4 is 10.4 Å². The summed E-state index contributed by atoms with van der Waals surface area (Å²) < 4.78 is 7.82. The summed E-state index contributed by atoms with van der Waals surface area (Å²) in [5.74, 6) is 0.349. The SMILES string of the molecule is Cc1cc(OC(=O)Cn2nc3ccccn3c2=O)ccc1C(C)C. The molecule has 0 aliphatic rings. The van der Waals surface area contributed by atoms with Crippen LogP contribution in [0.3, 0.4) is 0 Å². The lowest BCUT2D eigenvalue weighted by molar-refractivity contribution is -0.135. The Hall–Kier alpha value is -2.89. The van der Waals surface area contributed by atoms with Crippen molar-refractivity contribution < 1.29 is 9.53 Å². The van der Waals surface area contributed by atoms with Crippen LogP contribution in [0.1, 0.15) is 30.9 Å². The van der Waals surface area contributed by atoms with E-state index in [0.29, 0.717) is 17.3 Å². The molecule has 2 heterocycles. The van der Waals surface area contributed by atoms with Crippen molar-refractivity contribution in [1.82, 2.24) is 14.2 Å². The van der Waals surface area contributed by atoms with E-state index >= 15 is 0 Å². The second kappa shape index (κ2) is 6.31. The topological polar surface area (TPSA) is 65.6 Å². The lowest BCUT2D eigenvalue weighted by atomic mass is 9.98. The average Bonchev–Trinajstić information content (AvgIpc) is 2.83. The number of carbonyl (C=O) groups excluding carboxylic acids is 1. The summed E-state index contributed by atoms with van der Waals surface area (Å²) in [5, 5.41) is 4.12. The maximum Gasteiger partial charge on any atom is 0.350 e. The van der Waals surface area contributed by atoms with Gasteiger partial charge in [0.25, 0.3) is 0 Å². The van der Waals surface area contributed by atoms with Gasteiger partial charge in [0.15, 0.2) is 5.65 Å². The predicted molar refractivity (Wildman–Crippen MR) is 90.4 cm³/mol. The number of pyridine rings is 1. The molecule has 0 bridgehead atoms. The third-order valence-electron chi connectivity index (χ3n) is 3.86. The largest absolute Gasteiger partial charge is 0.425 e. The molecule has 24 heavy (non-hydrogen) atoms. The van der Waals surface area contributed by atoms with E-state index in [9.17, 15) is 9.59 Å². The Morgan fingerprint density at radius 1 is 1.25 bits per heavy atom. The van der Waals surface area contributed by atoms with Crippen molar-refractivity contribution in [1.29, 1.82) is 0 Å². The molecule has 0 saturated heterocycles. The number of carbonyl (C=O) groups is 1. The van der Waals surface area contributed by atoms with Crippen LogP contribution in [0, 0.1) is 6.92 Å². The van der Waals surface area contributed by atoms with Crippen molar-refractivity contribution >= 4 is 11.6 Å². The second-order valence-electron chi connectivity index (χ2n) is 6.02. The normalized spacial score (nSPS) is 11.2. The summed E-state index contributed by atoms with van der Waals surface area (Å²) in [5.41, 5.74) is 2.41. The summed E-state index contributed by atoms with van der Waals surface area (Å²) in [6, 6.07) is 10.8. The highest BCUT2D eigenvalue weighted by Crippen LogP contribution is 2.23. The lowest BCUT2D eigenvalue weighted by Crippen LogP contribution is -2.27. The van der Waals surface area contributed by atoms with Gasteiger partial charge in [0.05, 0.1) is 0 Å². The number of aryl methyl sites for hydroxylation is 1. The molecule has 0 fully saturated rings. The maximum atomic E-state index is 12.1. The molecular weight excluding hydrogens is 306 g/mol. The van der Waals surface area contributed by atoms with E-state index in [1.54, 1.807) is 30.5 Å². The van der Waals surface area contributed by atoms with Crippen LogP contribution in [0.5, 0.6) is 5.75 Å². The van der Waals surface area contributed by atoms with Gasteiger partial charge in [0.1, 0.15) is 12.3 Å². The van der Waals surface area contributed by atoms with Gasteiger partial charge in [0.2, 0.25) is 0 Å². The van der Waals surface area contributed by atoms with Crippen LogP contribution in [0.2, 0.25) is 0 Å². The standard InChI is InChI=1S/C18H19N3O3/c1-12(2)15-8-7-14(10-13(15)3)24-17(22)11-21-18(23)20-9-5-4-6-16(20)19-21/h4-10,12H,11H2,1-3H3. The third kappa shape index (κ3) is 3.08. The molecule has 124 valence electrons. The molecule has 0 spiro atoms. The summed E-state index contributed by atoms with van der Waals surface area (Å²) in [6.07, 6.45) is 1.61. The van der Waals surface area contributed by atoms with Crippen molar-refractivity contribution in [2.75, 3.05) is 0 Å².